The molecule has 5 heteroatoms. The molecule has 0 aliphatic carbocycles. The lowest BCUT2D eigenvalue weighted by atomic mass is 10.1. The molecule has 1 N–H and O–H groups in total. The van der Waals surface area contributed by atoms with E-state index in [4.69, 9.17) is 0 Å². The number of carbonyl (C=O) groups is 2. The zero-order chi connectivity index (χ0) is 16.1. The van der Waals surface area contributed by atoms with E-state index in [1.165, 1.54) is 5.56 Å². The Kier molecular flexibility index (Phi) is 5.55. The molecule has 2 rings (SSSR count). The number of hydrogen-bond donors (Lipinski definition) is 1. The summed E-state index contributed by atoms with van der Waals surface area (Å²) in [6.07, 6.45) is 1.00. The predicted molar refractivity (Wildman–Crippen MR) is 84.8 cm³/mol. The number of aryl methyl sites for hydroxylation is 1. The molecule has 0 bridgehead atoms. The molecule has 1 aliphatic rings. The molecule has 0 aromatic heterocycles. The number of carboxylic acid groups (broad SMARTS) is 1. The summed E-state index contributed by atoms with van der Waals surface area (Å²) in [7, 11) is 0. The normalized spacial score (nSPS) is 17.3. The van der Waals surface area contributed by atoms with Gasteiger partial charge >= 0.3 is 5.97 Å². The molecule has 1 heterocycles. The van der Waals surface area contributed by atoms with E-state index in [0.717, 1.165) is 5.56 Å². The Labute approximate surface area is 131 Å². The molecule has 1 amide bonds. The average Bonchev–Trinajstić information content (AvgIpc) is 2.50. The Morgan fingerprint density at radius 1 is 1.14 bits per heavy atom. The van der Waals surface area contributed by atoms with Gasteiger partial charge in [-0.1, -0.05) is 36.8 Å². The van der Waals surface area contributed by atoms with Crippen molar-refractivity contribution in [3.63, 3.8) is 0 Å². The van der Waals surface area contributed by atoms with Crippen LogP contribution in [0.2, 0.25) is 0 Å². The zero-order valence-corrected chi connectivity index (χ0v) is 13.3. The van der Waals surface area contributed by atoms with Crippen LogP contribution < -0.4 is 0 Å². The molecule has 1 unspecified atom stereocenters. The number of rotatable bonds is 5. The van der Waals surface area contributed by atoms with Gasteiger partial charge in [-0.25, -0.2) is 0 Å². The molecule has 0 saturated carbocycles. The quantitative estimate of drug-likeness (QED) is 0.896. The van der Waals surface area contributed by atoms with Gasteiger partial charge in [-0.2, -0.15) is 0 Å². The third-order valence-corrected chi connectivity index (χ3v) is 4.26. The second kappa shape index (κ2) is 7.40. The van der Waals surface area contributed by atoms with Gasteiger partial charge in [-0.15, -0.1) is 0 Å². The summed E-state index contributed by atoms with van der Waals surface area (Å²) in [4.78, 5) is 27.3. The van der Waals surface area contributed by atoms with Crippen LogP contribution in [0, 0.1) is 6.92 Å². The van der Waals surface area contributed by atoms with Gasteiger partial charge in [-0.05, 0) is 18.9 Å². The minimum absolute atomic E-state index is 0.117. The molecule has 1 saturated heterocycles. The van der Waals surface area contributed by atoms with Gasteiger partial charge < -0.3 is 10.0 Å². The van der Waals surface area contributed by atoms with Crippen LogP contribution in [0.5, 0.6) is 0 Å². The molecule has 1 aliphatic heterocycles. The van der Waals surface area contributed by atoms with Crippen molar-refractivity contribution in [2.24, 2.45) is 0 Å². The van der Waals surface area contributed by atoms with Crippen molar-refractivity contribution in [1.29, 1.82) is 0 Å². The second-order valence-electron chi connectivity index (χ2n) is 5.84. The fourth-order valence-electron chi connectivity index (χ4n) is 2.86. The summed E-state index contributed by atoms with van der Waals surface area (Å²) in [5.74, 6) is -0.659. The molecule has 1 aromatic carbocycles. The Balaban J connectivity index is 1.87. The van der Waals surface area contributed by atoms with Gasteiger partial charge in [0.25, 0.3) is 0 Å². The maximum absolute atomic E-state index is 12.3. The van der Waals surface area contributed by atoms with Crippen molar-refractivity contribution in [2.45, 2.75) is 32.7 Å². The van der Waals surface area contributed by atoms with Crippen LogP contribution in [0.4, 0.5) is 0 Å². The lowest BCUT2D eigenvalue weighted by Crippen LogP contribution is -2.54. The smallest absolute Gasteiger partial charge is 0.320 e. The van der Waals surface area contributed by atoms with Gasteiger partial charge in [0.15, 0.2) is 0 Å². The van der Waals surface area contributed by atoms with Gasteiger partial charge in [0, 0.05) is 26.2 Å². The Morgan fingerprint density at radius 3 is 2.23 bits per heavy atom. The molecule has 22 heavy (non-hydrogen) atoms. The van der Waals surface area contributed by atoms with Crippen molar-refractivity contribution in [1.82, 2.24) is 9.80 Å². The number of hydrogen-bond acceptors (Lipinski definition) is 3. The second-order valence-corrected chi connectivity index (χ2v) is 5.84. The van der Waals surface area contributed by atoms with Crippen molar-refractivity contribution < 1.29 is 14.7 Å². The number of carboxylic acids is 1. The van der Waals surface area contributed by atoms with E-state index in [9.17, 15) is 14.7 Å². The Bertz CT molecular complexity index is 519. The standard InChI is InChI=1S/C17H24N2O3/c1-3-15(17(21)22)18-8-10-19(11-9-18)16(20)12-14-6-4-13(2)5-7-14/h4-7,15H,3,8-12H2,1-2H3,(H,21,22). The van der Waals surface area contributed by atoms with E-state index < -0.39 is 12.0 Å². The highest BCUT2D eigenvalue weighted by Gasteiger charge is 2.28. The molecule has 120 valence electrons. The molecule has 0 spiro atoms. The molecular formula is C17H24N2O3. The summed E-state index contributed by atoms with van der Waals surface area (Å²) in [6, 6.07) is 7.56. The Hall–Kier alpha value is -1.88. The van der Waals surface area contributed by atoms with Crippen molar-refractivity contribution >= 4 is 11.9 Å². The van der Waals surface area contributed by atoms with Crippen LogP contribution in [0.3, 0.4) is 0 Å². The van der Waals surface area contributed by atoms with Crippen molar-refractivity contribution in [3.05, 3.63) is 35.4 Å². The van der Waals surface area contributed by atoms with Gasteiger partial charge in [0.05, 0.1) is 6.42 Å². The predicted octanol–water partition coefficient (Wildman–Crippen LogP) is 1.54. The topological polar surface area (TPSA) is 60.9 Å². The van der Waals surface area contributed by atoms with Gasteiger partial charge in [0.1, 0.15) is 6.04 Å². The Morgan fingerprint density at radius 2 is 1.73 bits per heavy atom. The monoisotopic (exact) mass is 304 g/mol. The van der Waals surface area contributed by atoms with E-state index in [0.29, 0.717) is 39.0 Å². The summed E-state index contributed by atoms with van der Waals surface area (Å²) in [5, 5.41) is 9.20. The van der Waals surface area contributed by atoms with Crippen LogP contribution in [-0.2, 0) is 16.0 Å². The first-order valence-corrected chi connectivity index (χ1v) is 7.81. The van der Waals surface area contributed by atoms with E-state index in [2.05, 4.69) is 0 Å². The number of piperazine rings is 1. The fraction of sp³-hybridized carbons (Fsp3) is 0.529. The first kappa shape index (κ1) is 16.5. The molecule has 5 nitrogen and oxygen atoms in total. The molecule has 0 radical (unpaired) electrons. The minimum Gasteiger partial charge on any atom is -0.480 e. The summed E-state index contributed by atoms with van der Waals surface area (Å²) in [6.45, 7) is 6.38. The molecule has 1 fully saturated rings. The van der Waals surface area contributed by atoms with E-state index in [-0.39, 0.29) is 5.91 Å². The minimum atomic E-state index is -0.776. The first-order valence-electron chi connectivity index (χ1n) is 7.81. The summed E-state index contributed by atoms with van der Waals surface area (Å²) >= 11 is 0. The first-order chi connectivity index (χ1) is 10.5. The SMILES string of the molecule is CCC(C(=O)O)N1CCN(C(=O)Cc2ccc(C)cc2)CC1. The van der Waals surface area contributed by atoms with Crippen molar-refractivity contribution in [3.8, 4) is 0 Å². The lowest BCUT2D eigenvalue weighted by Gasteiger charge is -2.37. The molecular weight excluding hydrogens is 280 g/mol. The third kappa shape index (κ3) is 4.07. The fourth-order valence-corrected chi connectivity index (χ4v) is 2.86. The molecule has 1 atom stereocenters. The van der Waals surface area contributed by atoms with E-state index >= 15 is 0 Å². The van der Waals surface area contributed by atoms with Crippen LogP contribution in [0.1, 0.15) is 24.5 Å². The lowest BCUT2D eigenvalue weighted by molar-refractivity contribution is -0.144. The summed E-state index contributed by atoms with van der Waals surface area (Å²) in [5.41, 5.74) is 2.21. The van der Waals surface area contributed by atoms with Crippen LogP contribution in [0.15, 0.2) is 24.3 Å². The highest BCUT2D eigenvalue weighted by Crippen LogP contribution is 2.12. The number of amides is 1. The van der Waals surface area contributed by atoms with Gasteiger partial charge in [-0.3, -0.25) is 14.5 Å². The number of nitrogens with zero attached hydrogens (tertiary/aromatic N) is 2. The molecule has 1 aromatic rings. The van der Waals surface area contributed by atoms with Crippen LogP contribution in [-0.4, -0.2) is 59.0 Å². The maximum atomic E-state index is 12.3. The summed E-state index contributed by atoms with van der Waals surface area (Å²) < 4.78 is 0. The maximum Gasteiger partial charge on any atom is 0.320 e. The highest BCUT2D eigenvalue weighted by atomic mass is 16.4. The largest absolute Gasteiger partial charge is 0.480 e. The van der Waals surface area contributed by atoms with Crippen LogP contribution in [0.25, 0.3) is 0 Å². The van der Waals surface area contributed by atoms with E-state index in [1.54, 1.807) is 0 Å². The highest BCUT2D eigenvalue weighted by molar-refractivity contribution is 5.79. The van der Waals surface area contributed by atoms with Crippen LogP contribution >= 0.6 is 0 Å². The average molecular weight is 304 g/mol. The van der Waals surface area contributed by atoms with Gasteiger partial charge in [0.2, 0.25) is 5.91 Å². The third-order valence-electron chi connectivity index (χ3n) is 4.26. The number of aliphatic carboxylic acids is 1. The van der Waals surface area contributed by atoms with E-state index in [1.807, 2.05) is 47.9 Å². The number of carbonyl (C=O) groups excluding carboxylic acids is 1. The zero-order valence-electron chi connectivity index (χ0n) is 13.3. The number of benzene rings is 1. The van der Waals surface area contributed by atoms with Crippen molar-refractivity contribution in [2.75, 3.05) is 26.2 Å².